The lowest BCUT2D eigenvalue weighted by atomic mass is 9.94. The number of aliphatic hydroxyl groups excluding tert-OH is 1. The molecule has 1 fully saturated rings. The number of rotatable bonds is 8. The van der Waals surface area contributed by atoms with E-state index in [4.69, 9.17) is 4.74 Å². The lowest BCUT2D eigenvalue weighted by Gasteiger charge is -2.30. The van der Waals surface area contributed by atoms with Crippen LogP contribution in [-0.2, 0) is 4.74 Å². The zero-order chi connectivity index (χ0) is 18.2. The van der Waals surface area contributed by atoms with E-state index in [9.17, 15) is 9.90 Å². The highest BCUT2D eigenvalue weighted by Gasteiger charge is 2.21. The number of nitrogens with zero attached hydrogens (tertiary/aromatic N) is 1. The lowest BCUT2D eigenvalue weighted by molar-refractivity contribution is 0.0601. The zero-order valence-electron chi connectivity index (χ0n) is 14.9. The van der Waals surface area contributed by atoms with Gasteiger partial charge in [0.05, 0.1) is 13.2 Å². The molecule has 6 nitrogen and oxygen atoms in total. The molecule has 1 aliphatic rings. The van der Waals surface area contributed by atoms with Gasteiger partial charge < -0.3 is 20.5 Å². The van der Waals surface area contributed by atoms with Gasteiger partial charge in [-0.25, -0.2) is 9.78 Å². The fourth-order valence-corrected chi connectivity index (χ4v) is 3.68. The molecule has 3 N–H and O–H groups in total. The molecule has 140 valence electrons. The van der Waals surface area contributed by atoms with Crippen molar-refractivity contribution in [2.45, 2.75) is 63.6 Å². The number of ether oxygens (including phenoxy) is 1. The molecule has 0 bridgehead atoms. The quantitative estimate of drug-likeness (QED) is 0.408. The number of hydrogen-bond donors (Lipinski definition) is 3. The maximum Gasteiger partial charge on any atom is 0.341 e. The molecule has 0 saturated heterocycles. The summed E-state index contributed by atoms with van der Waals surface area (Å²) in [6.07, 6.45) is 8.24. The largest absolute Gasteiger partial charge is 0.465 e. The van der Waals surface area contributed by atoms with Crippen molar-refractivity contribution in [3.05, 3.63) is 21.4 Å². The number of methoxy groups -OCH3 is 1. The van der Waals surface area contributed by atoms with E-state index in [1.54, 1.807) is 12.3 Å². The van der Waals surface area contributed by atoms with Crippen molar-refractivity contribution < 1.29 is 14.6 Å². The van der Waals surface area contributed by atoms with Crippen LogP contribution in [0.2, 0.25) is 0 Å². The van der Waals surface area contributed by atoms with Crippen LogP contribution in [0.4, 0.5) is 5.82 Å². The number of nitrogens with one attached hydrogen (secondary N) is 2. The Bertz CT molecular complexity index is 562. The summed E-state index contributed by atoms with van der Waals surface area (Å²) in [5, 5.41) is 16.9. The SMILES string of the molecule is COC(=O)c1cc(I)cnc1NCCC(NC1CCCCC1)[C@@H](C)O. The van der Waals surface area contributed by atoms with Gasteiger partial charge in [-0.15, -0.1) is 0 Å². The van der Waals surface area contributed by atoms with Crippen LogP contribution in [0.1, 0.15) is 55.8 Å². The van der Waals surface area contributed by atoms with Crippen LogP contribution in [-0.4, -0.2) is 47.9 Å². The molecule has 0 aliphatic heterocycles. The standard InChI is InChI=1S/C18H28IN3O3/c1-12(23)16(22-14-6-4-3-5-7-14)8-9-20-17-15(18(24)25-2)10-13(19)11-21-17/h10-12,14,16,22-23H,3-9H2,1-2H3,(H,20,21)/t12-,16?/m1/s1. The average molecular weight is 461 g/mol. The first-order valence-electron chi connectivity index (χ1n) is 8.93. The zero-order valence-corrected chi connectivity index (χ0v) is 17.1. The van der Waals surface area contributed by atoms with E-state index in [1.807, 2.05) is 6.92 Å². The molecule has 1 aliphatic carbocycles. The average Bonchev–Trinajstić information content (AvgIpc) is 2.62. The van der Waals surface area contributed by atoms with Gasteiger partial charge in [0.2, 0.25) is 0 Å². The summed E-state index contributed by atoms with van der Waals surface area (Å²) in [6, 6.07) is 2.28. The molecule has 0 amide bonds. The van der Waals surface area contributed by atoms with E-state index in [-0.39, 0.29) is 6.04 Å². The van der Waals surface area contributed by atoms with Gasteiger partial charge in [0, 0.05) is 28.4 Å². The summed E-state index contributed by atoms with van der Waals surface area (Å²) in [5.41, 5.74) is 0.434. The Morgan fingerprint density at radius 1 is 1.44 bits per heavy atom. The Hall–Kier alpha value is -0.930. The van der Waals surface area contributed by atoms with E-state index in [2.05, 4.69) is 38.2 Å². The van der Waals surface area contributed by atoms with E-state index in [0.29, 0.717) is 24.0 Å². The number of hydrogen-bond acceptors (Lipinski definition) is 6. The third-order valence-corrected chi connectivity index (χ3v) is 5.23. The van der Waals surface area contributed by atoms with E-state index in [0.717, 1.165) is 9.99 Å². The van der Waals surface area contributed by atoms with Crippen LogP contribution in [0.5, 0.6) is 0 Å². The normalized spacial score (nSPS) is 17.8. The molecule has 2 rings (SSSR count). The number of aliphatic hydroxyl groups is 1. The fraction of sp³-hybridized carbons (Fsp3) is 0.667. The molecule has 0 spiro atoms. The molecular formula is C18H28IN3O3. The summed E-state index contributed by atoms with van der Waals surface area (Å²) in [6.45, 7) is 2.44. The number of pyridine rings is 1. The highest BCUT2D eigenvalue weighted by Crippen LogP contribution is 2.20. The van der Waals surface area contributed by atoms with Gasteiger partial charge >= 0.3 is 5.97 Å². The molecular weight excluding hydrogens is 433 g/mol. The number of esters is 1. The summed E-state index contributed by atoms with van der Waals surface area (Å²) in [4.78, 5) is 16.2. The van der Waals surface area contributed by atoms with E-state index < -0.39 is 12.1 Å². The minimum Gasteiger partial charge on any atom is -0.465 e. The maximum atomic E-state index is 11.9. The van der Waals surface area contributed by atoms with Crippen LogP contribution in [0.15, 0.2) is 12.3 Å². The van der Waals surface area contributed by atoms with Crippen molar-refractivity contribution in [2.75, 3.05) is 19.0 Å². The lowest BCUT2D eigenvalue weighted by Crippen LogP contribution is -2.46. The monoisotopic (exact) mass is 461 g/mol. The molecule has 1 unspecified atom stereocenters. The smallest absolute Gasteiger partial charge is 0.341 e. The predicted octanol–water partition coefficient (Wildman–Crippen LogP) is 2.95. The van der Waals surface area contributed by atoms with E-state index in [1.165, 1.54) is 39.2 Å². The third kappa shape index (κ3) is 6.38. The van der Waals surface area contributed by atoms with Crippen molar-refractivity contribution in [3.8, 4) is 0 Å². The Kier molecular flexibility index (Phi) is 8.38. The fourth-order valence-electron chi connectivity index (χ4n) is 3.23. The molecule has 0 aromatic carbocycles. The molecule has 1 heterocycles. The molecule has 7 heteroatoms. The van der Waals surface area contributed by atoms with Gasteiger partial charge in [-0.2, -0.15) is 0 Å². The van der Waals surface area contributed by atoms with Crippen molar-refractivity contribution in [3.63, 3.8) is 0 Å². The van der Waals surface area contributed by atoms with Gasteiger partial charge in [-0.3, -0.25) is 0 Å². The summed E-state index contributed by atoms with van der Waals surface area (Å²) >= 11 is 2.12. The van der Waals surface area contributed by atoms with Crippen molar-refractivity contribution in [1.29, 1.82) is 0 Å². The Balaban J connectivity index is 1.92. The number of anilines is 1. The number of aromatic nitrogens is 1. The van der Waals surface area contributed by atoms with Gasteiger partial charge in [0.25, 0.3) is 0 Å². The van der Waals surface area contributed by atoms with Crippen molar-refractivity contribution in [1.82, 2.24) is 10.3 Å². The first kappa shape index (κ1) is 20.4. The summed E-state index contributed by atoms with van der Waals surface area (Å²) in [7, 11) is 1.36. The number of halogens is 1. The first-order valence-corrected chi connectivity index (χ1v) is 10.0. The van der Waals surface area contributed by atoms with Crippen LogP contribution in [0.3, 0.4) is 0 Å². The first-order chi connectivity index (χ1) is 12.0. The third-order valence-electron chi connectivity index (χ3n) is 4.64. The van der Waals surface area contributed by atoms with Crippen molar-refractivity contribution >= 4 is 34.4 Å². The molecule has 25 heavy (non-hydrogen) atoms. The minimum atomic E-state index is -0.423. The van der Waals surface area contributed by atoms with Gasteiger partial charge in [0.15, 0.2) is 0 Å². The Morgan fingerprint density at radius 3 is 2.80 bits per heavy atom. The van der Waals surface area contributed by atoms with E-state index >= 15 is 0 Å². The maximum absolute atomic E-state index is 11.9. The van der Waals surface area contributed by atoms with Crippen LogP contribution in [0.25, 0.3) is 0 Å². The van der Waals surface area contributed by atoms with Gasteiger partial charge in [-0.1, -0.05) is 19.3 Å². The Morgan fingerprint density at radius 2 is 2.16 bits per heavy atom. The van der Waals surface area contributed by atoms with Crippen LogP contribution >= 0.6 is 22.6 Å². The molecule has 0 radical (unpaired) electrons. The minimum absolute atomic E-state index is 0.0287. The second kappa shape index (κ2) is 10.3. The van der Waals surface area contributed by atoms with Gasteiger partial charge in [-0.05, 0) is 54.8 Å². The highest BCUT2D eigenvalue weighted by molar-refractivity contribution is 14.1. The molecule has 1 aromatic heterocycles. The highest BCUT2D eigenvalue weighted by atomic mass is 127. The Labute approximate surface area is 163 Å². The predicted molar refractivity (Wildman–Crippen MR) is 107 cm³/mol. The number of carbonyl (C=O) groups is 1. The van der Waals surface area contributed by atoms with Gasteiger partial charge in [0.1, 0.15) is 11.4 Å². The molecule has 2 atom stereocenters. The topological polar surface area (TPSA) is 83.5 Å². The number of carbonyl (C=O) groups excluding carboxylic acids is 1. The second-order valence-corrected chi connectivity index (χ2v) is 7.85. The summed E-state index contributed by atoms with van der Waals surface area (Å²) in [5.74, 6) is 0.121. The summed E-state index contributed by atoms with van der Waals surface area (Å²) < 4.78 is 5.70. The van der Waals surface area contributed by atoms with Crippen LogP contribution in [0, 0.1) is 3.57 Å². The van der Waals surface area contributed by atoms with Crippen molar-refractivity contribution in [2.24, 2.45) is 0 Å². The van der Waals surface area contributed by atoms with Crippen LogP contribution < -0.4 is 10.6 Å². The molecule has 1 saturated carbocycles. The molecule has 1 aromatic rings. The second-order valence-electron chi connectivity index (χ2n) is 6.61.